The summed E-state index contributed by atoms with van der Waals surface area (Å²) in [7, 11) is 0. The van der Waals surface area contributed by atoms with Crippen LogP contribution in [-0.4, -0.2) is 5.78 Å². The normalized spacial score (nSPS) is 14.7. The van der Waals surface area contributed by atoms with Crippen LogP contribution in [0.4, 0.5) is 0 Å². The summed E-state index contributed by atoms with van der Waals surface area (Å²) in [5.41, 5.74) is 10.0. The van der Waals surface area contributed by atoms with Crippen molar-refractivity contribution < 1.29 is 4.79 Å². The molecule has 21 heavy (non-hydrogen) atoms. The third-order valence-corrected chi connectivity index (χ3v) is 4.50. The van der Waals surface area contributed by atoms with Crippen LogP contribution >= 0.6 is 0 Å². The number of nitrogens with two attached hydrogens (primary N) is 1. The van der Waals surface area contributed by atoms with Gasteiger partial charge in [0.1, 0.15) is 0 Å². The molecule has 1 aliphatic rings. The SMILES string of the molecule is NCc1ccccc1CC(=O)c1ccccc1C1CCC1. The van der Waals surface area contributed by atoms with Crippen molar-refractivity contribution in [2.75, 3.05) is 0 Å². The Labute approximate surface area is 126 Å². The summed E-state index contributed by atoms with van der Waals surface area (Å²) in [5.74, 6) is 0.785. The van der Waals surface area contributed by atoms with Crippen LogP contribution in [0.15, 0.2) is 48.5 Å². The fourth-order valence-electron chi connectivity index (χ4n) is 3.02. The molecule has 1 aliphatic carbocycles. The first-order valence-corrected chi connectivity index (χ1v) is 7.68. The molecule has 0 saturated heterocycles. The summed E-state index contributed by atoms with van der Waals surface area (Å²) in [6.07, 6.45) is 4.15. The summed E-state index contributed by atoms with van der Waals surface area (Å²) >= 11 is 0. The first-order chi connectivity index (χ1) is 10.3. The van der Waals surface area contributed by atoms with Gasteiger partial charge in [-0.15, -0.1) is 0 Å². The maximum absolute atomic E-state index is 12.7. The van der Waals surface area contributed by atoms with E-state index >= 15 is 0 Å². The Kier molecular flexibility index (Phi) is 4.16. The largest absolute Gasteiger partial charge is 0.326 e. The number of Topliss-reactive ketones (excluding diaryl/α,β-unsaturated/α-hetero) is 1. The van der Waals surface area contributed by atoms with Gasteiger partial charge in [0.25, 0.3) is 0 Å². The Morgan fingerprint density at radius 2 is 1.67 bits per heavy atom. The molecule has 1 fully saturated rings. The molecule has 1 saturated carbocycles. The minimum Gasteiger partial charge on any atom is -0.326 e. The van der Waals surface area contributed by atoms with Crippen molar-refractivity contribution in [2.45, 2.75) is 38.1 Å². The van der Waals surface area contributed by atoms with Crippen LogP contribution < -0.4 is 5.73 Å². The van der Waals surface area contributed by atoms with E-state index < -0.39 is 0 Å². The van der Waals surface area contributed by atoms with Crippen molar-refractivity contribution in [3.05, 3.63) is 70.8 Å². The molecular weight excluding hydrogens is 258 g/mol. The number of hydrogen-bond acceptors (Lipinski definition) is 2. The van der Waals surface area contributed by atoms with Gasteiger partial charge in [-0.3, -0.25) is 4.79 Å². The van der Waals surface area contributed by atoms with Gasteiger partial charge in [-0.1, -0.05) is 55.0 Å². The molecule has 0 heterocycles. The van der Waals surface area contributed by atoms with Gasteiger partial charge in [-0.2, -0.15) is 0 Å². The van der Waals surface area contributed by atoms with Crippen LogP contribution in [0.3, 0.4) is 0 Å². The molecule has 2 N–H and O–H groups in total. The van der Waals surface area contributed by atoms with E-state index in [1.165, 1.54) is 24.8 Å². The predicted molar refractivity (Wildman–Crippen MR) is 85.4 cm³/mol. The summed E-state index contributed by atoms with van der Waals surface area (Å²) < 4.78 is 0. The molecule has 2 aromatic rings. The maximum atomic E-state index is 12.7. The average molecular weight is 279 g/mol. The molecule has 0 aliphatic heterocycles. The second kappa shape index (κ2) is 6.23. The van der Waals surface area contributed by atoms with E-state index in [1.807, 2.05) is 42.5 Å². The highest BCUT2D eigenvalue weighted by molar-refractivity contribution is 5.99. The molecule has 0 radical (unpaired) electrons. The standard InChI is InChI=1S/C19H21NO/c20-13-16-7-2-1-6-15(16)12-19(21)18-11-4-3-10-17(18)14-8-5-9-14/h1-4,6-7,10-11,14H,5,8-9,12-13,20H2. The quantitative estimate of drug-likeness (QED) is 0.845. The fraction of sp³-hybridized carbons (Fsp3) is 0.316. The molecule has 0 amide bonds. The number of carbonyl (C=O) groups excluding carboxylic acids is 1. The van der Waals surface area contributed by atoms with Crippen LogP contribution in [0, 0.1) is 0 Å². The van der Waals surface area contributed by atoms with E-state index in [4.69, 9.17) is 5.73 Å². The molecule has 0 unspecified atom stereocenters. The zero-order valence-electron chi connectivity index (χ0n) is 12.2. The Bertz CT molecular complexity index is 644. The number of benzene rings is 2. The van der Waals surface area contributed by atoms with Crippen LogP contribution in [0.2, 0.25) is 0 Å². The first kappa shape index (κ1) is 14.0. The Balaban J connectivity index is 1.85. The molecule has 0 aromatic heterocycles. The lowest BCUT2D eigenvalue weighted by Gasteiger charge is -2.27. The van der Waals surface area contributed by atoms with Crippen molar-refractivity contribution in [1.82, 2.24) is 0 Å². The Morgan fingerprint density at radius 3 is 2.33 bits per heavy atom. The molecule has 2 aromatic carbocycles. The van der Waals surface area contributed by atoms with Gasteiger partial charge in [-0.25, -0.2) is 0 Å². The zero-order chi connectivity index (χ0) is 14.7. The van der Waals surface area contributed by atoms with Crippen LogP contribution in [0.1, 0.15) is 52.2 Å². The highest BCUT2D eigenvalue weighted by Gasteiger charge is 2.24. The van der Waals surface area contributed by atoms with E-state index in [1.54, 1.807) is 0 Å². The summed E-state index contributed by atoms with van der Waals surface area (Å²) in [4.78, 5) is 12.7. The maximum Gasteiger partial charge on any atom is 0.167 e. The van der Waals surface area contributed by atoms with E-state index in [9.17, 15) is 4.79 Å². The van der Waals surface area contributed by atoms with Crippen molar-refractivity contribution in [1.29, 1.82) is 0 Å². The molecule has 3 rings (SSSR count). The van der Waals surface area contributed by atoms with Crippen molar-refractivity contribution in [2.24, 2.45) is 5.73 Å². The fourth-order valence-corrected chi connectivity index (χ4v) is 3.02. The van der Waals surface area contributed by atoms with Gasteiger partial charge in [0.2, 0.25) is 0 Å². The number of rotatable bonds is 5. The van der Waals surface area contributed by atoms with Crippen LogP contribution in [-0.2, 0) is 13.0 Å². The summed E-state index contributed by atoms with van der Waals surface area (Å²) in [6.45, 7) is 0.480. The Morgan fingerprint density at radius 1 is 1.00 bits per heavy atom. The summed E-state index contributed by atoms with van der Waals surface area (Å²) in [5, 5.41) is 0. The second-order valence-corrected chi connectivity index (χ2v) is 5.79. The minimum absolute atomic E-state index is 0.207. The molecule has 0 bridgehead atoms. The third kappa shape index (κ3) is 2.91. The van der Waals surface area contributed by atoms with Crippen molar-refractivity contribution in [3.8, 4) is 0 Å². The van der Waals surface area contributed by atoms with Crippen LogP contribution in [0.25, 0.3) is 0 Å². The summed E-state index contributed by atoms with van der Waals surface area (Å²) in [6, 6.07) is 16.0. The second-order valence-electron chi connectivity index (χ2n) is 5.79. The lowest BCUT2D eigenvalue weighted by molar-refractivity contribution is 0.0990. The van der Waals surface area contributed by atoms with Gasteiger partial charge >= 0.3 is 0 Å². The van der Waals surface area contributed by atoms with Gasteiger partial charge in [-0.05, 0) is 35.4 Å². The molecular formula is C19H21NO. The molecule has 2 heteroatoms. The number of carbonyl (C=O) groups is 1. The van der Waals surface area contributed by atoms with Gasteiger partial charge in [0, 0.05) is 18.5 Å². The average Bonchev–Trinajstić information content (AvgIpc) is 2.46. The lowest BCUT2D eigenvalue weighted by Crippen LogP contribution is -2.15. The van der Waals surface area contributed by atoms with E-state index in [2.05, 4.69) is 6.07 Å². The van der Waals surface area contributed by atoms with Gasteiger partial charge < -0.3 is 5.73 Å². The van der Waals surface area contributed by atoms with Gasteiger partial charge in [0.05, 0.1) is 0 Å². The molecule has 108 valence electrons. The highest BCUT2D eigenvalue weighted by Crippen LogP contribution is 2.38. The van der Waals surface area contributed by atoms with Crippen molar-refractivity contribution >= 4 is 5.78 Å². The molecule has 0 spiro atoms. The lowest BCUT2D eigenvalue weighted by atomic mass is 9.77. The monoisotopic (exact) mass is 279 g/mol. The van der Waals surface area contributed by atoms with Crippen molar-refractivity contribution in [3.63, 3.8) is 0 Å². The highest BCUT2D eigenvalue weighted by atomic mass is 16.1. The topological polar surface area (TPSA) is 43.1 Å². The van der Waals surface area contributed by atoms with Gasteiger partial charge in [0.15, 0.2) is 5.78 Å². The Hall–Kier alpha value is -1.93. The first-order valence-electron chi connectivity index (χ1n) is 7.68. The van der Waals surface area contributed by atoms with E-state index in [-0.39, 0.29) is 5.78 Å². The zero-order valence-corrected chi connectivity index (χ0v) is 12.2. The smallest absolute Gasteiger partial charge is 0.167 e. The number of hydrogen-bond donors (Lipinski definition) is 1. The molecule has 0 atom stereocenters. The van der Waals surface area contributed by atoms with Crippen LogP contribution in [0.5, 0.6) is 0 Å². The number of ketones is 1. The predicted octanol–water partition coefficient (Wildman–Crippen LogP) is 3.84. The third-order valence-electron chi connectivity index (χ3n) is 4.50. The minimum atomic E-state index is 0.207. The van der Waals surface area contributed by atoms with E-state index in [0.717, 1.165) is 16.7 Å². The molecule has 2 nitrogen and oxygen atoms in total. The van der Waals surface area contributed by atoms with E-state index in [0.29, 0.717) is 18.9 Å².